The highest BCUT2D eigenvalue weighted by Crippen LogP contribution is 2.28. The Morgan fingerprint density at radius 3 is 2.79 bits per heavy atom. The minimum absolute atomic E-state index is 0.207. The van der Waals surface area contributed by atoms with Crippen LogP contribution in [-0.2, 0) is 9.63 Å². The van der Waals surface area contributed by atoms with Gasteiger partial charge in [0.25, 0.3) is 5.91 Å². The average molecular weight is 317 g/mol. The van der Waals surface area contributed by atoms with Crippen LogP contribution in [0.5, 0.6) is 0 Å². The van der Waals surface area contributed by atoms with E-state index in [4.69, 9.17) is 4.84 Å². The second kappa shape index (κ2) is 6.12. The van der Waals surface area contributed by atoms with Gasteiger partial charge >= 0.3 is 0 Å². The maximum Gasteiger partial charge on any atom is 0.273 e. The van der Waals surface area contributed by atoms with Crippen molar-refractivity contribution in [3.63, 3.8) is 0 Å². The van der Waals surface area contributed by atoms with E-state index < -0.39 is 0 Å². The first-order valence-corrected chi connectivity index (χ1v) is 7.74. The smallest absolute Gasteiger partial charge is 0.273 e. The number of carbonyl (C=O) groups is 1. The number of fused-ring (bicyclic) bond motifs is 1. The van der Waals surface area contributed by atoms with E-state index in [0.29, 0.717) is 12.1 Å². The van der Waals surface area contributed by atoms with Crippen molar-refractivity contribution in [3.05, 3.63) is 72.4 Å². The highest BCUT2D eigenvalue weighted by atomic mass is 16.6. The fourth-order valence-electron chi connectivity index (χ4n) is 2.76. The van der Waals surface area contributed by atoms with E-state index in [-0.39, 0.29) is 12.0 Å². The zero-order valence-corrected chi connectivity index (χ0v) is 12.8. The van der Waals surface area contributed by atoms with Crippen LogP contribution in [0.4, 0.5) is 5.69 Å². The van der Waals surface area contributed by atoms with Gasteiger partial charge in [-0.3, -0.25) is 9.78 Å². The summed E-state index contributed by atoms with van der Waals surface area (Å²) in [6.07, 6.45) is 1.98. The van der Waals surface area contributed by atoms with Crippen LogP contribution >= 0.6 is 0 Å². The number of anilines is 1. The van der Waals surface area contributed by atoms with Gasteiger partial charge in [-0.25, -0.2) is 0 Å². The standard InChI is InChI=1S/C19H15N3O2/c23-19(17-12-18(24-22-17)13-6-2-1-3-7-13)21-16-10-4-9-15-14(16)8-5-11-20-15/h1-11,18H,12H2,(H,21,23). The predicted molar refractivity (Wildman–Crippen MR) is 92.7 cm³/mol. The Hall–Kier alpha value is -3.21. The molecule has 1 aliphatic heterocycles. The molecule has 0 saturated carbocycles. The van der Waals surface area contributed by atoms with Gasteiger partial charge in [-0.05, 0) is 29.8 Å². The largest absolute Gasteiger partial charge is 0.387 e. The molecule has 0 bridgehead atoms. The maximum absolute atomic E-state index is 12.5. The first-order chi connectivity index (χ1) is 11.8. The average Bonchev–Trinajstić information content (AvgIpc) is 3.13. The third kappa shape index (κ3) is 2.72. The Balaban J connectivity index is 1.51. The highest BCUT2D eigenvalue weighted by Gasteiger charge is 2.27. The summed E-state index contributed by atoms with van der Waals surface area (Å²) in [5.74, 6) is -0.246. The van der Waals surface area contributed by atoms with Gasteiger partial charge in [-0.2, -0.15) is 0 Å². The summed E-state index contributed by atoms with van der Waals surface area (Å²) in [5.41, 5.74) is 2.96. The third-order valence-corrected chi connectivity index (χ3v) is 4.00. The molecule has 4 rings (SSSR count). The Morgan fingerprint density at radius 1 is 1.04 bits per heavy atom. The molecule has 1 amide bonds. The van der Waals surface area contributed by atoms with Gasteiger partial charge < -0.3 is 10.2 Å². The first kappa shape index (κ1) is 14.4. The number of oxime groups is 1. The summed E-state index contributed by atoms with van der Waals surface area (Å²) in [7, 11) is 0. The molecule has 0 radical (unpaired) electrons. The molecule has 0 fully saturated rings. The summed E-state index contributed by atoms with van der Waals surface area (Å²) in [6.45, 7) is 0. The molecule has 118 valence electrons. The fraction of sp³-hybridized carbons (Fsp3) is 0.105. The summed E-state index contributed by atoms with van der Waals surface area (Å²) >= 11 is 0. The SMILES string of the molecule is O=C(Nc1cccc2ncccc12)C1=NOC(c2ccccc2)C1. The van der Waals surface area contributed by atoms with Crippen LogP contribution in [0.15, 0.2) is 72.0 Å². The molecule has 1 aliphatic rings. The van der Waals surface area contributed by atoms with Crippen LogP contribution < -0.4 is 5.32 Å². The lowest BCUT2D eigenvalue weighted by molar-refractivity contribution is -0.110. The Kier molecular flexibility index (Phi) is 3.67. The lowest BCUT2D eigenvalue weighted by Crippen LogP contribution is -2.22. The molecule has 24 heavy (non-hydrogen) atoms. The molecule has 1 aromatic heterocycles. The molecule has 0 saturated heterocycles. The van der Waals surface area contributed by atoms with Crippen molar-refractivity contribution < 1.29 is 9.63 Å². The van der Waals surface area contributed by atoms with Gasteiger partial charge in [0.15, 0.2) is 6.10 Å². The van der Waals surface area contributed by atoms with Gasteiger partial charge in [-0.15, -0.1) is 0 Å². The van der Waals surface area contributed by atoms with Gasteiger partial charge in [0.1, 0.15) is 5.71 Å². The second-order valence-electron chi connectivity index (χ2n) is 5.58. The number of carbonyl (C=O) groups excluding carboxylic acids is 1. The normalized spacial score (nSPS) is 16.5. The first-order valence-electron chi connectivity index (χ1n) is 7.74. The minimum Gasteiger partial charge on any atom is -0.387 e. The molecule has 0 spiro atoms. The summed E-state index contributed by atoms with van der Waals surface area (Å²) in [5, 5.41) is 7.76. The van der Waals surface area contributed by atoms with E-state index in [1.807, 2.05) is 60.7 Å². The number of aromatic nitrogens is 1. The number of hydrogen-bond acceptors (Lipinski definition) is 4. The number of nitrogens with one attached hydrogen (secondary N) is 1. The number of hydrogen-bond donors (Lipinski definition) is 1. The van der Waals surface area contributed by atoms with Gasteiger partial charge in [0.05, 0.1) is 11.2 Å². The number of nitrogens with zero attached hydrogens (tertiary/aromatic N) is 2. The van der Waals surface area contributed by atoms with Crippen LogP contribution in [0, 0.1) is 0 Å². The molecule has 3 aromatic rings. The molecule has 5 heteroatoms. The zero-order valence-electron chi connectivity index (χ0n) is 12.8. The lowest BCUT2D eigenvalue weighted by atomic mass is 10.0. The quantitative estimate of drug-likeness (QED) is 0.801. The number of rotatable bonds is 3. The van der Waals surface area contributed by atoms with Crippen molar-refractivity contribution in [1.29, 1.82) is 0 Å². The fourth-order valence-corrected chi connectivity index (χ4v) is 2.76. The van der Waals surface area contributed by atoms with E-state index >= 15 is 0 Å². The van der Waals surface area contributed by atoms with Crippen LogP contribution in [0.3, 0.4) is 0 Å². The topological polar surface area (TPSA) is 63.6 Å². The Morgan fingerprint density at radius 2 is 1.92 bits per heavy atom. The molecule has 5 nitrogen and oxygen atoms in total. The highest BCUT2D eigenvalue weighted by molar-refractivity contribution is 6.43. The third-order valence-electron chi connectivity index (χ3n) is 4.00. The van der Waals surface area contributed by atoms with Crippen molar-refractivity contribution in [1.82, 2.24) is 4.98 Å². The molecule has 2 heterocycles. The van der Waals surface area contributed by atoms with Crippen molar-refractivity contribution >= 4 is 28.2 Å². The van der Waals surface area contributed by atoms with Crippen molar-refractivity contribution in [3.8, 4) is 0 Å². The molecular weight excluding hydrogens is 302 g/mol. The Labute approximate surface area is 139 Å². The van der Waals surface area contributed by atoms with Crippen LogP contribution in [0.25, 0.3) is 10.9 Å². The summed E-state index contributed by atoms with van der Waals surface area (Å²) < 4.78 is 0. The lowest BCUT2D eigenvalue weighted by Gasteiger charge is -2.08. The van der Waals surface area contributed by atoms with Gasteiger partial charge in [0.2, 0.25) is 0 Å². The molecule has 0 aliphatic carbocycles. The summed E-state index contributed by atoms with van der Waals surface area (Å²) in [6, 6.07) is 19.2. The monoisotopic (exact) mass is 317 g/mol. The molecule has 2 aromatic carbocycles. The van der Waals surface area contributed by atoms with E-state index in [0.717, 1.165) is 22.2 Å². The summed E-state index contributed by atoms with van der Waals surface area (Å²) in [4.78, 5) is 22.2. The predicted octanol–water partition coefficient (Wildman–Crippen LogP) is 3.69. The van der Waals surface area contributed by atoms with E-state index in [1.165, 1.54) is 0 Å². The molecular formula is C19H15N3O2. The Bertz CT molecular complexity index is 917. The van der Waals surface area contributed by atoms with E-state index in [1.54, 1.807) is 6.20 Å². The van der Waals surface area contributed by atoms with Crippen LogP contribution in [0.2, 0.25) is 0 Å². The molecule has 1 N–H and O–H groups in total. The zero-order chi connectivity index (χ0) is 16.4. The number of amides is 1. The van der Waals surface area contributed by atoms with Gasteiger partial charge in [0, 0.05) is 18.0 Å². The van der Waals surface area contributed by atoms with Crippen molar-refractivity contribution in [2.75, 3.05) is 5.32 Å². The van der Waals surface area contributed by atoms with Crippen molar-refractivity contribution in [2.45, 2.75) is 12.5 Å². The number of benzene rings is 2. The van der Waals surface area contributed by atoms with Crippen molar-refractivity contribution in [2.24, 2.45) is 5.16 Å². The van der Waals surface area contributed by atoms with Crippen LogP contribution in [0.1, 0.15) is 18.1 Å². The second-order valence-corrected chi connectivity index (χ2v) is 5.58. The molecule has 1 atom stereocenters. The number of pyridine rings is 1. The van der Waals surface area contributed by atoms with E-state index in [2.05, 4.69) is 15.5 Å². The van der Waals surface area contributed by atoms with Crippen LogP contribution in [-0.4, -0.2) is 16.6 Å². The van der Waals surface area contributed by atoms with Gasteiger partial charge in [-0.1, -0.05) is 41.6 Å². The minimum atomic E-state index is -0.246. The molecule has 1 unspecified atom stereocenters. The van der Waals surface area contributed by atoms with E-state index in [9.17, 15) is 4.79 Å². The maximum atomic E-state index is 12.5.